The third kappa shape index (κ3) is 2.85. The van der Waals surface area contributed by atoms with Crippen molar-refractivity contribution in [2.45, 2.75) is 46.0 Å². The van der Waals surface area contributed by atoms with Crippen molar-refractivity contribution >= 4 is 11.6 Å². The third-order valence-corrected chi connectivity index (χ3v) is 4.86. The molecular weight excluding hydrogens is 316 g/mol. The molecule has 1 atom stereocenters. The smallest absolute Gasteiger partial charge is 0.244 e. The normalized spacial score (nSPS) is 16.1. The topological polar surface area (TPSA) is 77.0 Å². The van der Waals surface area contributed by atoms with Crippen molar-refractivity contribution in [1.82, 2.24) is 34.3 Å². The van der Waals surface area contributed by atoms with E-state index in [1.54, 1.807) is 0 Å². The summed E-state index contributed by atoms with van der Waals surface area (Å²) in [5.41, 5.74) is 2.71. The molecule has 1 fully saturated rings. The van der Waals surface area contributed by atoms with E-state index in [4.69, 9.17) is 4.98 Å². The minimum Gasteiger partial charge on any atom is -0.340 e. The Morgan fingerprint density at radius 1 is 1.12 bits per heavy atom. The van der Waals surface area contributed by atoms with Crippen molar-refractivity contribution in [2.75, 3.05) is 18.0 Å². The van der Waals surface area contributed by atoms with E-state index in [0.717, 1.165) is 54.1 Å². The Balaban J connectivity index is 1.59. The zero-order valence-electron chi connectivity index (χ0n) is 15.3. The molecule has 0 amide bonds. The van der Waals surface area contributed by atoms with E-state index in [2.05, 4.69) is 32.0 Å². The summed E-state index contributed by atoms with van der Waals surface area (Å²) in [5, 5.41) is 9.25. The summed E-state index contributed by atoms with van der Waals surface area (Å²) >= 11 is 0. The first-order chi connectivity index (χ1) is 12.0. The van der Waals surface area contributed by atoms with Crippen LogP contribution in [-0.2, 0) is 13.5 Å². The van der Waals surface area contributed by atoms with Crippen molar-refractivity contribution in [3.05, 3.63) is 29.2 Å². The van der Waals surface area contributed by atoms with Gasteiger partial charge in [0, 0.05) is 38.7 Å². The van der Waals surface area contributed by atoms with E-state index >= 15 is 0 Å². The molecule has 25 heavy (non-hydrogen) atoms. The van der Waals surface area contributed by atoms with Crippen LogP contribution in [0.5, 0.6) is 0 Å². The zero-order chi connectivity index (χ0) is 17.6. The number of aromatic nitrogens is 7. The molecule has 0 saturated carbocycles. The molecule has 1 aliphatic heterocycles. The Kier molecular flexibility index (Phi) is 3.89. The summed E-state index contributed by atoms with van der Waals surface area (Å²) in [6, 6.07) is 0. The van der Waals surface area contributed by atoms with Gasteiger partial charge in [0.15, 0.2) is 11.5 Å². The molecule has 1 saturated heterocycles. The van der Waals surface area contributed by atoms with Crippen molar-refractivity contribution in [1.29, 1.82) is 0 Å². The highest BCUT2D eigenvalue weighted by Gasteiger charge is 2.22. The fourth-order valence-electron chi connectivity index (χ4n) is 3.45. The first kappa shape index (κ1) is 16.0. The summed E-state index contributed by atoms with van der Waals surface area (Å²) in [5.74, 6) is 2.84. The molecule has 0 N–H and O–H groups in total. The highest BCUT2D eigenvalue weighted by atomic mass is 15.4. The molecule has 8 nitrogen and oxygen atoms in total. The van der Waals surface area contributed by atoms with E-state index in [9.17, 15) is 0 Å². The van der Waals surface area contributed by atoms with E-state index in [1.807, 2.05) is 36.3 Å². The van der Waals surface area contributed by atoms with Gasteiger partial charge in [-0.15, -0.1) is 5.10 Å². The zero-order valence-corrected chi connectivity index (χ0v) is 15.3. The van der Waals surface area contributed by atoms with Crippen LogP contribution in [0.15, 0.2) is 6.20 Å². The van der Waals surface area contributed by atoms with Crippen LogP contribution in [0.25, 0.3) is 5.65 Å². The Morgan fingerprint density at radius 3 is 2.60 bits per heavy atom. The van der Waals surface area contributed by atoms with E-state index in [-0.39, 0.29) is 5.92 Å². The van der Waals surface area contributed by atoms with Crippen LogP contribution in [-0.4, -0.2) is 47.4 Å². The van der Waals surface area contributed by atoms with Crippen LogP contribution in [0.1, 0.15) is 48.7 Å². The minimum atomic E-state index is 0.194. The number of fused-ring (bicyclic) bond motifs is 1. The largest absolute Gasteiger partial charge is 0.340 e. The van der Waals surface area contributed by atoms with Gasteiger partial charge in [-0.1, -0.05) is 6.92 Å². The Bertz CT molecular complexity index is 864. The summed E-state index contributed by atoms with van der Waals surface area (Å²) in [4.78, 5) is 16.1. The van der Waals surface area contributed by atoms with Gasteiger partial charge in [0.2, 0.25) is 5.95 Å². The number of nitrogens with zero attached hydrogens (tertiary/aromatic N) is 8. The molecule has 4 heterocycles. The maximum absolute atomic E-state index is 4.78. The SMILES string of the molecule is Cc1ncc(C)n2nc(CC(C)c3nc(N4CCCC4)nn3C)nc12. The monoisotopic (exact) mass is 340 g/mol. The summed E-state index contributed by atoms with van der Waals surface area (Å²) < 4.78 is 3.77. The van der Waals surface area contributed by atoms with Gasteiger partial charge in [-0.05, 0) is 26.7 Å². The average Bonchev–Trinajstić information content (AvgIpc) is 3.29. The van der Waals surface area contributed by atoms with Gasteiger partial charge < -0.3 is 4.90 Å². The number of aryl methyl sites for hydroxylation is 3. The molecule has 0 aliphatic carbocycles. The molecule has 132 valence electrons. The lowest BCUT2D eigenvalue weighted by atomic mass is 10.1. The summed E-state index contributed by atoms with van der Waals surface area (Å²) in [6.45, 7) is 8.21. The molecule has 0 bridgehead atoms. The molecule has 4 rings (SSSR count). The lowest BCUT2D eigenvalue weighted by Crippen LogP contribution is -2.19. The maximum atomic E-state index is 4.78. The lowest BCUT2D eigenvalue weighted by molar-refractivity contribution is 0.606. The van der Waals surface area contributed by atoms with Gasteiger partial charge in [0.05, 0.1) is 11.4 Å². The highest BCUT2D eigenvalue weighted by Crippen LogP contribution is 2.22. The second-order valence-corrected chi connectivity index (χ2v) is 6.94. The molecule has 8 heteroatoms. The van der Waals surface area contributed by atoms with Crippen molar-refractivity contribution in [3.63, 3.8) is 0 Å². The molecular formula is C17H24N8. The first-order valence-corrected chi connectivity index (χ1v) is 8.86. The lowest BCUT2D eigenvalue weighted by Gasteiger charge is -2.11. The molecule has 0 spiro atoms. The van der Waals surface area contributed by atoms with Crippen LogP contribution < -0.4 is 4.90 Å². The predicted molar refractivity (Wildman–Crippen MR) is 94.8 cm³/mol. The second kappa shape index (κ2) is 6.09. The van der Waals surface area contributed by atoms with E-state index in [0.29, 0.717) is 0 Å². The summed E-state index contributed by atoms with van der Waals surface area (Å²) in [7, 11) is 1.97. The Hall–Kier alpha value is -2.51. The Morgan fingerprint density at radius 2 is 1.88 bits per heavy atom. The molecule has 3 aromatic heterocycles. The quantitative estimate of drug-likeness (QED) is 0.721. The molecule has 1 aliphatic rings. The summed E-state index contributed by atoms with van der Waals surface area (Å²) in [6.07, 6.45) is 5.00. The van der Waals surface area contributed by atoms with Crippen molar-refractivity contribution in [2.24, 2.45) is 7.05 Å². The number of hydrogen-bond acceptors (Lipinski definition) is 6. The van der Waals surface area contributed by atoms with Gasteiger partial charge in [0.1, 0.15) is 5.82 Å². The number of hydrogen-bond donors (Lipinski definition) is 0. The highest BCUT2D eigenvalue weighted by molar-refractivity contribution is 5.43. The molecule has 0 aromatic carbocycles. The standard InChI is InChI=1S/C17H24N8/c1-11(15-20-17(22-23(15)4)24-7-5-6-8-24)9-14-19-16-13(3)18-10-12(2)25(16)21-14/h10-11H,5-9H2,1-4H3. The first-order valence-electron chi connectivity index (χ1n) is 8.86. The van der Waals surface area contributed by atoms with Crippen LogP contribution in [0, 0.1) is 13.8 Å². The van der Waals surface area contributed by atoms with Crippen molar-refractivity contribution in [3.8, 4) is 0 Å². The second-order valence-electron chi connectivity index (χ2n) is 6.94. The molecule has 0 radical (unpaired) electrons. The molecule has 3 aromatic rings. The Labute approximate surface area is 146 Å². The molecule has 1 unspecified atom stereocenters. The van der Waals surface area contributed by atoms with Gasteiger partial charge in [-0.2, -0.15) is 10.1 Å². The van der Waals surface area contributed by atoms with Crippen LogP contribution in [0.3, 0.4) is 0 Å². The van der Waals surface area contributed by atoms with Gasteiger partial charge >= 0.3 is 0 Å². The van der Waals surface area contributed by atoms with Crippen molar-refractivity contribution < 1.29 is 0 Å². The van der Waals surface area contributed by atoms with Gasteiger partial charge in [0.25, 0.3) is 0 Å². The fraction of sp³-hybridized carbons (Fsp3) is 0.588. The number of anilines is 1. The van der Waals surface area contributed by atoms with Crippen LogP contribution in [0.2, 0.25) is 0 Å². The number of rotatable bonds is 4. The predicted octanol–water partition coefficient (Wildman–Crippen LogP) is 1.82. The van der Waals surface area contributed by atoms with Crippen LogP contribution >= 0.6 is 0 Å². The van der Waals surface area contributed by atoms with Gasteiger partial charge in [-0.25, -0.2) is 9.50 Å². The minimum absolute atomic E-state index is 0.194. The van der Waals surface area contributed by atoms with Crippen LogP contribution in [0.4, 0.5) is 5.95 Å². The fourth-order valence-corrected chi connectivity index (χ4v) is 3.45. The maximum Gasteiger partial charge on any atom is 0.244 e. The third-order valence-electron chi connectivity index (χ3n) is 4.86. The van der Waals surface area contributed by atoms with E-state index in [1.165, 1.54) is 12.8 Å². The van der Waals surface area contributed by atoms with Gasteiger partial charge in [-0.3, -0.25) is 9.67 Å². The average molecular weight is 340 g/mol. The van der Waals surface area contributed by atoms with E-state index < -0.39 is 0 Å².